The second-order valence-corrected chi connectivity index (χ2v) is 4.40. The van der Waals surface area contributed by atoms with Crippen LogP contribution >= 0.6 is 23.9 Å². The molecule has 0 unspecified atom stereocenters. The summed E-state index contributed by atoms with van der Waals surface area (Å²) in [6.45, 7) is 1.67. The average molecular weight is 229 g/mol. The number of hydrogen-bond donors (Lipinski definition) is 3. The molecular formula is C9H15N3S2. The van der Waals surface area contributed by atoms with Crippen molar-refractivity contribution in [3.63, 3.8) is 0 Å². The summed E-state index contributed by atoms with van der Waals surface area (Å²) in [6, 6.07) is 8.12. The first kappa shape index (κ1) is 11.9. The summed E-state index contributed by atoms with van der Waals surface area (Å²) in [7, 11) is 0. The molecule has 0 fully saturated rings. The fourth-order valence-electron chi connectivity index (χ4n) is 0.895. The van der Waals surface area contributed by atoms with Crippen LogP contribution < -0.4 is 15.6 Å². The van der Waals surface area contributed by atoms with Gasteiger partial charge in [-0.15, -0.1) is 0 Å². The number of hydrogen-bond acceptors (Lipinski definition) is 5. The molecule has 1 aromatic carbocycles. The third-order valence-electron chi connectivity index (χ3n) is 1.63. The molecule has 5 N–H and O–H groups in total. The molecule has 78 valence electrons. The Morgan fingerprint density at radius 2 is 1.79 bits per heavy atom. The van der Waals surface area contributed by atoms with Crippen molar-refractivity contribution in [2.45, 2.75) is 16.2 Å². The maximum absolute atomic E-state index is 5.42. The van der Waals surface area contributed by atoms with Gasteiger partial charge in [-0.3, -0.25) is 9.86 Å². The van der Waals surface area contributed by atoms with Gasteiger partial charge in [0.25, 0.3) is 0 Å². The van der Waals surface area contributed by atoms with E-state index in [1.165, 1.54) is 16.8 Å². The van der Waals surface area contributed by atoms with Crippen molar-refractivity contribution in [2.75, 3.05) is 13.1 Å². The molecule has 0 aliphatic heterocycles. The van der Waals surface area contributed by atoms with Crippen molar-refractivity contribution in [1.29, 1.82) is 0 Å². The molecule has 14 heavy (non-hydrogen) atoms. The number of benzene rings is 1. The Balaban J connectivity index is 2.29. The highest BCUT2D eigenvalue weighted by Crippen LogP contribution is 2.18. The van der Waals surface area contributed by atoms with Crippen molar-refractivity contribution < 1.29 is 0 Å². The van der Waals surface area contributed by atoms with Crippen LogP contribution in [0.5, 0.6) is 0 Å². The SMILES string of the molecule is NCCCNSc1ccc(SN)cc1. The molecule has 0 heterocycles. The lowest BCUT2D eigenvalue weighted by Gasteiger charge is -2.03. The summed E-state index contributed by atoms with van der Waals surface area (Å²) in [5.74, 6) is 0. The van der Waals surface area contributed by atoms with Gasteiger partial charge >= 0.3 is 0 Å². The first-order valence-corrected chi connectivity index (χ1v) is 6.13. The lowest BCUT2D eigenvalue weighted by molar-refractivity contribution is 0.808. The van der Waals surface area contributed by atoms with E-state index >= 15 is 0 Å². The lowest BCUT2D eigenvalue weighted by atomic mass is 10.4. The van der Waals surface area contributed by atoms with Crippen molar-refractivity contribution >= 4 is 23.9 Å². The monoisotopic (exact) mass is 229 g/mol. The minimum absolute atomic E-state index is 0.732. The van der Waals surface area contributed by atoms with Crippen LogP contribution in [-0.4, -0.2) is 13.1 Å². The van der Waals surface area contributed by atoms with Crippen LogP contribution in [-0.2, 0) is 0 Å². The summed E-state index contributed by atoms with van der Waals surface area (Å²) in [6.07, 6.45) is 1.00. The highest BCUT2D eigenvalue weighted by atomic mass is 32.2. The second kappa shape index (κ2) is 7.14. The second-order valence-electron chi connectivity index (χ2n) is 2.73. The zero-order valence-corrected chi connectivity index (χ0v) is 9.53. The fourth-order valence-corrected chi connectivity index (χ4v) is 1.87. The third-order valence-corrected chi connectivity index (χ3v) is 3.03. The van der Waals surface area contributed by atoms with E-state index < -0.39 is 0 Å². The number of nitrogens with one attached hydrogen (secondary N) is 1. The molecule has 3 nitrogen and oxygen atoms in total. The molecule has 0 aromatic heterocycles. The van der Waals surface area contributed by atoms with Gasteiger partial charge in [0.15, 0.2) is 0 Å². The molecule has 0 amide bonds. The van der Waals surface area contributed by atoms with E-state index in [2.05, 4.69) is 16.9 Å². The summed E-state index contributed by atoms with van der Waals surface area (Å²) >= 11 is 2.89. The quantitative estimate of drug-likeness (QED) is 0.511. The molecule has 0 aliphatic carbocycles. The van der Waals surface area contributed by atoms with Crippen molar-refractivity contribution in [3.8, 4) is 0 Å². The van der Waals surface area contributed by atoms with Crippen LogP contribution in [0.15, 0.2) is 34.1 Å². The smallest absolute Gasteiger partial charge is 0.0228 e. The topological polar surface area (TPSA) is 64.1 Å². The molecule has 0 radical (unpaired) electrons. The Morgan fingerprint density at radius 1 is 1.14 bits per heavy atom. The van der Waals surface area contributed by atoms with Gasteiger partial charge in [0.2, 0.25) is 0 Å². The van der Waals surface area contributed by atoms with Crippen LogP contribution in [0, 0.1) is 0 Å². The summed E-state index contributed by atoms with van der Waals surface area (Å²) in [5.41, 5.74) is 5.38. The van der Waals surface area contributed by atoms with Gasteiger partial charge < -0.3 is 5.73 Å². The van der Waals surface area contributed by atoms with Gasteiger partial charge in [0.05, 0.1) is 0 Å². The van der Waals surface area contributed by atoms with Gasteiger partial charge in [-0.2, -0.15) is 0 Å². The predicted molar refractivity (Wildman–Crippen MR) is 64.0 cm³/mol. The van der Waals surface area contributed by atoms with Gasteiger partial charge in [0.1, 0.15) is 0 Å². The summed E-state index contributed by atoms with van der Waals surface area (Å²) in [4.78, 5) is 2.27. The van der Waals surface area contributed by atoms with Crippen molar-refractivity contribution in [3.05, 3.63) is 24.3 Å². The van der Waals surface area contributed by atoms with E-state index in [1.807, 2.05) is 12.1 Å². The van der Waals surface area contributed by atoms with Gasteiger partial charge in [-0.05, 0) is 61.1 Å². The van der Waals surface area contributed by atoms with Crippen LogP contribution in [0.1, 0.15) is 6.42 Å². The average Bonchev–Trinajstić information content (AvgIpc) is 2.25. The summed E-state index contributed by atoms with van der Waals surface area (Å²) < 4.78 is 3.24. The van der Waals surface area contributed by atoms with E-state index in [0.717, 1.165) is 24.4 Å². The summed E-state index contributed by atoms with van der Waals surface area (Å²) in [5, 5.41) is 5.42. The zero-order valence-electron chi connectivity index (χ0n) is 7.90. The van der Waals surface area contributed by atoms with E-state index in [4.69, 9.17) is 10.9 Å². The molecular weight excluding hydrogens is 214 g/mol. The van der Waals surface area contributed by atoms with E-state index in [0.29, 0.717) is 0 Å². The van der Waals surface area contributed by atoms with Gasteiger partial charge in [-0.1, -0.05) is 0 Å². The maximum atomic E-state index is 5.42. The first-order chi connectivity index (χ1) is 6.86. The van der Waals surface area contributed by atoms with Crippen LogP contribution in [0.25, 0.3) is 0 Å². The van der Waals surface area contributed by atoms with Crippen molar-refractivity contribution in [1.82, 2.24) is 4.72 Å². The van der Waals surface area contributed by atoms with Crippen LogP contribution in [0.2, 0.25) is 0 Å². The zero-order chi connectivity index (χ0) is 10.2. The van der Waals surface area contributed by atoms with Crippen LogP contribution in [0.3, 0.4) is 0 Å². The van der Waals surface area contributed by atoms with E-state index in [9.17, 15) is 0 Å². The first-order valence-electron chi connectivity index (χ1n) is 4.43. The Labute approximate surface area is 93.3 Å². The molecule has 5 heteroatoms. The fraction of sp³-hybridized carbons (Fsp3) is 0.333. The molecule has 0 atom stereocenters. The minimum atomic E-state index is 0.732. The molecule has 1 aromatic rings. The highest BCUT2D eigenvalue weighted by Gasteiger charge is 1.94. The minimum Gasteiger partial charge on any atom is -0.330 e. The normalized spacial score (nSPS) is 10.4. The molecule has 0 saturated heterocycles. The molecule has 0 saturated carbocycles. The molecule has 0 bridgehead atoms. The largest absolute Gasteiger partial charge is 0.330 e. The third kappa shape index (κ3) is 4.34. The Hall–Kier alpha value is -0.200. The maximum Gasteiger partial charge on any atom is 0.0228 e. The van der Waals surface area contributed by atoms with E-state index in [-0.39, 0.29) is 0 Å². The van der Waals surface area contributed by atoms with Crippen molar-refractivity contribution in [2.24, 2.45) is 10.9 Å². The van der Waals surface area contributed by atoms with Gasteiger partial charge in [0, 0.05) is 16.3 Å². The predicted octanol–water partition coefficient (Wildman–Crippen LogP) is 1.60. The highest BCUT2D eigenvalue weighted by molar-refractivity contribution is 7.97. The van der Waals surface area contributed by atoms with Crippen LogP contribution in [0.4, 0.5) is 0 Å². The Morgan fingerprint density at radius 3 is 2.36 bits per heavy atom. The number of nitrogens with two attached hydrogens (primary N) is 2. The number of rotatable bonds is 6. The standard InChI is InChI=1S/C9H15N3S2/c10-6-1-7-12-14-9-4-2-8(13-11)3-5-9/h2-5,12H,1,6-7,10-11H2. The van der Waals surface area contributed by atoms with E-state index in [1.54, 1.807) is 11.9 Å². The Bertz CT molecular complexity index is 251. The lowest BCUT2D eigenvalue weighted by Crippen LogP contribution is -2.10. The van der Waals surface area contributed by atoms with Gasteiger partial charge in [-0.25, -0.2) is 0 Å². The molecule has 1 rings (SSSR count). The Kier molecular flexibility index (Phi) is 6.05. The molecule has 0 aliphatic rings. The molecule has 0 spiro atoms.